The molecule has 2 aromatic rings. The second kappa shape index (κ2) is 7.94. The summed E-state index contributed by atoms with van der Waals surface area (Å²) >= 11 is 11.4. The minimum absolute atomic E-state index is 0.0315. The van der Waals surface area contributed by atoms with Crippen LogP contribution in [-0.4, -0.2) is 28.8 Å². The number of carbonyl (C=O) groups excluding carboxylic acids is 2. The van der Waals surface area contributed by atoms with Crippen LogP contribution < -0.4 is 10.9 Å². The minimum atomic E-state index is -0.637. The van der Waals surface area contributed by atoms with Crippen LogP contribution in [0, 0.1) is 0 Å². The summed E-state index contributed by atoms with van der Waals surface area (Å²) in [7, 11) is 1.30. The zero-order valence-electron chi connectivity index (χ0n) is 12.6. The standard InChI is InChI=1S/C15H13Cl2N3O4/c1-24-15(23)10-4-2-9(3-5-10)6-18-12(21)8-20-14(22)13(17)11(16)7-19-20/h2-5,7H,6,8H2,1H3,(H,18,21). The number of carbonyl (C=O) groups is 2. The number of rotatable bonds is 5. The third kappa shape index (κ3) is 4.33. The summed E-state index contributed by atoms with van der Waals surface area (Å²) in [5.74, 6) is -0.851. The first-order valence-electron chi connectivity index (χ1n) is 6.77. The molecule has 0 saturated heterocycles. The number of hydrogen-bond acceptors (Lipinski definition) is 5. The molecule has 126 valence electrons. The number of hydrogen-bond donors (Lipinski definition) is 1. The maximum Gasteiger partial charge on any atom is 0.337 e. The van der Waals surface area contributed by atoms with Gasteiger partial charge in [-0.15, -0.1) is 0 Å². The predicted octanol–water partition coefficient (Wildman–Crippen LogP) is 1.65. The highest BCUT2D eigenvalue weighted by Gasteiger charge is 2.11. The minimum Gasteiger partial charge on any atom is -0.465 e. The molecule has 9 heteroatoms. The van der Waals surface area contributed by atoms with Crippen LogP contribution in [0.5, 0.6) is 0 Å². The maximum absolute atomic E-state index is 11.9. The van der Waals surface area contributed by atoms with Crippen molar-refractivity contribution in [2.45, 2.75) is 13.1 Å². The Kier molecular flexibility index (Phi) is 5.94. The van der Waals surface area contributed by atoms with Crippen molar-refractivity contribution in [2.75, 3.05) is 7.11 Å². The van der Waals surface area contributed by atoms with E-state index in [0.717, 1.165) is 10.2 Å². The number of halogens is 2. The summed E-state index contributed by atoms with van der Waals surface area (Å²) in [6.07, 6.45) is 1.20. The molecule has 0 aliphatic rings. The number of esters is 1. The molecule has 0 radical (unpaired) electrons. The SMILES string of the molecule is COC(=O)c1ccc(CNC(=O)Cn2ncc(Cl)c(Cl)c2=O)cc1. The van der Waals surface area contributed by atoms with E-state index in [1.807, 2.05) is 0 Å². The molecule has 0 spiro atoms. The molecule has 1 heterocycles. The van der Waals surface area contributed by atoms with Crippen LogP contribution in [0.3, 0.4) is 0 Å². The van der Waals surface area contributed by atoms with Crippen molar-refractivity contribution in [3.8, 4) is 0 Å². The zero-order valence-corrected chi connectivity index (χ0v) is 14.1. The highest BCUT2D eigenvalue weighted by atomic mass is 35.5. The highest BCUT2D eigenvalue weighted by molar-refractivity contribution is 6.41. The van der Waals surface area contributed by atoms with Crippen molar-refractivity contribution < 1.29 is 14.3 Å². The van der Waals surface area contributed by atoms with E-state index in [1.165, 1.54) is 13.3 Å². The number of benzene rings is 1. The van der Waals surface area contributed by atoms with E-state index in [-0.39, 0.29) is 23.1 Å². The lowest BCUT2D eigenvalue weighted by molar-refractivity contribution is -0.122. The molecule has 1 aromatic heterocycles. The van der Waals surface area contributed by atoms with Crippen molar-refractivity contribution in [2.24, 2.45) is 0 Å². The number of nitrogens with one attached hydrogen (secondary N) is 1. The molecule has 0 saturated carbocycles. The van der Waals surface area contributed by atoms with Gasteiger partial charge in [0, 0.05) is 6.54 Å². The normalized spacial score (nSPS) is 10.3. The summed E-state index contributed by atoms with van der Waals surface area (Å²) in [6.45, 7) is -0.0493. The van der Waals surface area contributed by atoms with Gasteiger partial charge in [-0.3, -0.25) is 9.59 Å². The molecule has 0 unspecified atom stereocenters. The third-order valence-electron chi connectivity index (χ3n) is 3.10. The summed E-state index contributed by atoms with van der Waals surface area (Å²) in [5.41, 5.74) is 0.561. The van der Waals surface area contributed by atoms with Gasteiger partial charge in [0.05, 0.1) is 23.9 Å². The average molecular weight is 370 g/mol. The van der Waals surface area contributed by atoms with Crippen LogP contribution in [0.1, 0.15) is 15.9 Å². The largest absolute Gasteiger partial charge is 0.465 e. The molecule has 0 atom stereocenters. The quantitative estimate of drug-likeness (QED) is 0.809. The van der Waals surface area contributed by atoms with Gasteiger partial charge < -0.3 is 10.1 Å². The van der Waals surface area contributed by atoms with Crippen LogP contribution >= 0.6 is 23.2 Å². The van der Waals surface area contributed by atoms with Crippen molar-refractivity contribution in [3.05, 3.63) is 62.0 Å². The molecule has 24 heavy (non-hydrogen) atoms. The van der Waals surface area contributed by atoms with Crippen molar-refractivity contribution in [1.29, 1.82) is 0 Å². The third-order valence-corrected chi connectivity index (χ3v) is 3.85. The Morgan fingerprint density at radius 1 is 1.25 bits per heavy atom. The van der Waals surface area contributed by atoms with Gasteiger partial charge in [0.2, 0.25) is 5.91 Å². The van der Waals surface area contributed by atoms with E-state index in [0.29, 0.717) is 5.56 Å². The fourth-order valence-electron chi connectivity index (χ4n) is 1.83. The first-order valence-corrected chi connectivity index (χ1v) is 7.53. The summed E-state index contributed by atoms with van der Waals surface area (Å²) in [4.78, 5) is 35.0. The van der Waals surface area contributed by atoms with Gasteiger partial charge in [0.15, 0.2) is 0 Å². The van der Waals surface area contributed by atoms with E-state index < -0.39 is 17.4 Å². The molecule has 0 bridgehead atoms. The molecule has 1 N–H and O–H groups in total. The fraction of sp³-hybridized carbons (Fsp3) is 0.200. The molecule has 1 amide bonds. The number of nitrogens with zero attached hydrogens (tertiary/aromatic N) is 2. The van der Waals surface area contributed by atoms with Gasteiger partial charge in [0.1, 0.15) is 11.6 Å². The number of aromatic nitrogens is 2. The first kappa shape index (κ1) is 18.0. The highest BCUT2D eigenvalue weighted by Crippen LogP contribution is 2.14. The number of methoxy groups -OCH3 is 1. The number of amides is 1. The van der Waals surface area contributed by atoms with Crippen LogP contribution in [0.15, 0.2) is 35.3 Å². The van der Waals surface area contributed by atoms with Crippen molar-refractivity contribution in [3.63, 3.8) is 0 Å². The average Bonchev–Trinajstić information content (AvgIpc) is 2.60. The lowest BCUT2D eigenvalue weighted by Gasteiger charge is -2.08. The van der Waals surface area contributed by atoms with Crippen LogP contribution in [0.25, 0.3) is 0 Å². The number of ether oxygens (including phenoxy) is 1. The van der Waals surface area contributed by atoms with Gasteiger partial charge in [-0.1, -0.05) is 35.3 Å². The van der Waals surface area contributed by atoms with Gasteiger partial charge in [-0.2, -0.15) is 5.10 Å². The van der Waals surface area contributed by atoms with E-state index in [9.17, 15) is 14.4 Å². The fourth-order valence-corrected chi connectivity index (χ4v) is 2.10. The summed E-state index contributed by atoms with van der Waals surface area (Å²) < 4.78 is 5.52. The smallest absolute Gasteiger partial charge is 0.337 e. The molecule has 2 rings (SSSR count). The second-order valence-electron chi connectivity index (χ2n) is 4.73. The van der Waals surface area contributed by atoms with E-state index in [4.69, 9.17) is 23.2 Å². The van der Waals surface area contributed by atoms with E-state index in [2.05, 4.69) is 15.2 Å². The monoisotopic (exact) mass is 369 g/mol. The van der Waals surface area contributed by atoms with E-state index >= 15 is 0 Å². The van der Waals surface area contributed by atoms with E-state index in [1.54, 1.807) is 24.3 Å². The van der Waals surface area contributed by atoms with Gasteiger partial charge >= 0.3 is 5.97 Å². The Labute approximate surface area is 147 Å². The molecule has 0 aliphatic carbocycles. The Bertz CT molecular complexity index is 818. The van der Waals surface area contributed by atoms with Gasteiger partial charge in [-0.05, 0) is 17.7 Å². The molecule has 0 fully saturated rings. The lowest BCUT2D eigenvalue weighted by Crippen LogP contribution is -2.33. The van der Waals surface area contributed by atoms with Crippen molar-refractivity contribution >= 4 is 35.1 Å². The maximum atomic E-state index is 11.9. The Morgan fingerprint density at radius 3 is 2.54 bits per heavy atom. The molecule has 1 aromatic carbocycles. The van der Waals surface area contributed by atoms with Crippen LogP contribution in [0.2, 0.25) is 10.0 Å². The summed E-state index contributed by atoms with van der Waals surface area (Å²) in [6, 6.07) is 6.57. The molecular formula is C15H13Cl2N3O4. The predicted molar refractivity (Wildman–Crippen MR) is 88.1 cm³/mol. The van der Waals surface area contributed by atoms with Crippen molar-refractivity contribution in [1.82, 2.24) is 15.1 Å². The van der Waals surface area contributed by atoms with Gasteiger partial charge in [-0.25, -0.2) is 9.48 Å². The molecule has 0 aliphatic heterocycles. The zero-order chi connectivity index (χ0) is 17.7. The Balaban J connectivity index is 1.95. The van der Waals surface area contributed by atoms with Crippen LogP contribution in [0.4, 0.5) is 0 Å². The first-order chi connectivity index (χ1) is 11.4. The second-order valence-corrected chi connectivity index (χ2v) is 5.52. The molecule has 7 nitrogen and oxygen atoms in total. The van der Waals surface area contributed by atoms with Gasteiger partial charge in [0.25, 0.3) is 5.56 Å². The lowest BCUT2D eigenvalue weighted by atomic mass is 10.1. The Morgan fingerprint density at radius 2 is 1.92 bits per heavy atom. The topological polar surface area (TPSA) is 90.3 Å². The molecular weight excluding hydrogens is 357 g/mol. The Hall–Kier alpha value is -2.38. The summed E-state index contributed by atoms with van der Waals surface area (Å²) in [5, 5.41) is 6.24. The van der Waals surface area contributed by atoms with Crippen LogP contribution in [-0.2, 0) is 22.6 Å².